The molecule has 0 unspecified atom stereocenters. The molecule has 0 spiro atoms. The molecule has 1 aromatic heterocycles. The molecule has 0 radical (unpaired) electrons. The fraction of sp³-hybridized carbons (Fsp3) is 0.545. The van der Waals surface area contributed by atoms with Crippen LogP contribution in [0.1, 0.15) is 12.8 Å². The molecule has 82 valence electrons. The van der Waals surface area contributed by atoms with Crippen LogP contribution >= 0.6 is 27.7 Å². The van der Waals surface area contributed by atoms with Crippen molar-refractivity contribution in [2.24, 2.45) is 0 Å². The van der Waals surface area contributed by atoms with Crippen LogP contribution in [0.15, 0.2) is 22.8 Å². The van der Waals surface area contributed by atoms with Gasteiger partial charge in [0.2, 0.25) is 0 Å². The third-order valence-corrected chi connectivity index (χ3v) is 4.57. The molecule has 0 aromatic carbocycles. The Labute approximate surface area is 104 Å². The zero-order valence-corrected chi connectivity index (χ0v) is 11.2. The van der Waals surface area contributed by atoms with Gasteiger partial charge in [-0.1, -0.05) is 0 Å². The molecular formula is C11H15BrN2S. The molecule has 0 saturated carbocycles. The van der Waals surface area contributed by atoms with E-state index in [9.17, 15) is 0 Å². The Balaban J connectivity index is 2.04. The van der Waals surface area contributed by atoms with E-state index in [4.69, 9.17) is 0 Å². The molecule has 1 aliphatic heterocycles. The Morgan fingerprint density at radius 2 is 2.20 bits per heavy atom. The molecule has 1 fully saturated rings. The molecule has 15 heavy (non-hydrogen) atoms. The average Bonchev–Trinajstić information content (AvgIpc) is 2.30. The lowest BCUT2D eigenvalue weighted by atomic mass is 10.1. The van der Waals surface area contributed by atoms with Crippen molar-refractivity contribution in [3.8, 4) is 0 Å². The van der Waals surface area contributed by atoms with Gasteiger partial charge in [-0.15, -0.1) is 0 Å². The molecule has 4 heteroatoms. The number of rotatable bonds is 2. The smallest absolute Gasteiger partial charge is 0.142 e. The van der Waals surface area contributed by atoms with Crippen molar-refractivity contribution in [1.29, 1.82) is 0 Å². The zero-order valence-electron chi connectivity index (χ0n) is 8.82. The predicted octanol–water partition coefficient (Wildman–Crippen LogP) is 3.18. The first-order chi connectivity index (χ1) is 7.31. The van der Waals surface area contributed by atoms with E-state index >= 15 is 0 Å². The van der Waals surface area contributed by atoms with Gasteiger partial charge in [-0.25, -0.2) is 4.98 Å². The van der Waals surface area contributed by atoms with Gasteiger partial charge in [0.15, 0.2) is 0 Å². The standard InChI is InChI=1S/C11H15BrN2S/c1-15-9-4-7-14(8-5-9)11-10(12)3-2-6-13-11/h2-3,6,9H,4-5,7-8H2,1H3. The Morgan fingerprint density at radius 1 is 1.47 bits per heavy atom. The quantitative estimate of drug-likeness (QED) is 0.831. The van der Waals surface area contributed by atoms with E-state index in [-0.39, 0.29) is 0 Å². The van der Waals surface area contributed by atoms with Crippen molar-refractivity contribution in [1.82, 2.24) is 4.98 Å². The highest BCUT2D eigenvalue weighted by atomic mass is 79.9. The van der Waals surface area contributed by atoms with Gasteiger partial charge in [0.1, 0.15) is 5.82 Å². The van der Waals surface area contributed by atoms with Crippen LogP contribution in [-0.2, 0) is 0 Å². The third-order valence-electron chi connectivity index (χ3n) is 2.81. The van der Waals surface area contributed by atoms with Gasteiger partial charge in [0.05, 0.1) is 4.47 Å². The van der Waals surface area contributed by atoms with E-state index in [1.54, 1.807) is 0 Å². The summed E-state index contributed by atoms with van der Waals surface area (Å²) in [6, 6.07) is 4.02. The molecule has 1 aromatic rings. The fourth-order valence-corrected chi connectivity index (χ4v) is 3.10. The molecule has 2 heterocycles. The Morgan fingerprint density at radius 3 is 2.80 bits per heavy atom. The van der Waals surface area contributed by atoms with Gasteiger partial charge in [-0.05, 0) is 47.2 Å². The number of piperidine rings is 1. The fourth-order valence-electron chi connectivity index (χ4n) is 1.91. The van der Waals surface area contributed by atoms with Gasteiger partial charge in [0, 0.05) is 24.5 Å². The molecular weight excluding hydrogens is 272 g/mol. The van der Waals surface area contributed by atoms with Crippen molar-refractivity contribution in [2.75, 3.05) is 24.2 Å². The van der Waals surface area contributed by atoms with Gasteiger partial charge in [-0.3, -0.25) is 0 Å². The minimum absolute atomic E-state index is 0.837. The summed E-state index contributed by atoms with van der Waals surface area (Å²) >= 11 is 5.54. The summed E-state index contributed by atoms with van der Waals surface area (Å²) in [6.45, 7) is 2.25. The summed E-state index contributed by atoms with van der Waals surface area (Å²) in [5.41, 5.74) is 0. The first-order valence-corrected chi connectivity index (χ1v) is 7.27. The first kappa shape index (κ1) is 11.3. The van der Waals surface area contributed by atoms with Gasteiger partial charge in [-0.2, -0.15) is 11.8 Å². The Bertz CT molecular complexity index is 324. The third kappa shape index (κ3) is 2.67. The number of hydrogen-bond donors (Lipinski definition) is 0. The minimum atomic E-state index is 0.837. The van der Waals surface area contributed by atoms with Crippen LogP contribution in [0, 0.1) is 0 Å². The van der Waals surface area contributed by atoms with Gasteiger partial charge >= 0.3 is 0 Å². The van der Waals surface area contributed by atoms with Crippen LogP contribution in [0.5, 0.6) is 0 Å². The summed E-state index contributed by atoms with van der Waals surface area (Å²) in [4.78, 5) is 6.80. The normalized spacial score (nSPS) is 18.1. The van der Waals surface area contributed by atoms with Crippen LogP contribution in [0.25, 0.3) is 0 Å². The Hall–Kier alpha value is -0.220. The lowest BCUT2D eigenvalue weighted by Crippen LogP contribution is -2.35. The largest absolute Gasteiger partial charge is 0.356 e. The second kappa shape index (κ2) is 5.21. The van der Waals surface area contributed by atoms with E-state index in [1.807, 2.05) is 24.0 Å². The summed E-state index contributed by atoms with van der Waals surface area (Å²) in [7, 11) is 0. The molecule has 2 nitrogen and oxygen atoms in total. The molecule has 0 amide bonds. The highest BCUT2D eigenvalue weighted by Gasteiger charge is 2.20. The number of aromatic nitrogens is 1. The zero-order chi connectivity index (χ0) is 10.7. The van der Waals surface area contributed by atoms with E-state index in [0.29, 0.717) is 0 Å². The maximum atomic E-state index is 4.43. The summed E-state index contributed by atoms with van der Waals surface area (Å²) in [5, 5.41) is 0.837. The highest BCUT2D eigenvalue weighted by molar-refractivity contribution is 9.10. The molecule has 0 aliphatic carbocycles. The number of pyridine rings is 1. The second-order valence-electron chi connectivity index (χ2n) is 3.73. The van der Waals surface area contributed by atoms with Crippen molar-refractivity contribution in [2.45, 2.75) is 18.1 Å². The molecule has 0 atom stereocenters. The number of hydrogen-bond acceptors (Lipinski definition) is 3. The maximum absolute atomic E-state index is 4.43. The highest BCUT2D eigenvalue weighted by Crippen LogP contribution is 2.28. The lowest BCUT2D eigenvalue weighted by Gasteiger charge is -2.32. The average molecular weight is 287 g/mol. The molecule has 1 aliphatic rings. The summed E-state index contributed by atoms with van der Waals surface area (Å²) in [6.07, 6.45) is 6.60. The first-order valence-electron chi connectivity index (χ1n) is 5.19. The monoisotopic (exact) mass is 286 g/mol. The summed E-state index contributed by atoms with van der Waals surface area (Å²) in [5.74, 6) is 1.09. The number of anilines is 1. The molecule has 2 rings (SSSR count). The van der Waals surface area contributed by atoms with E-state index in [0.717, 1.165) is 28.6 Å². The lowest BCUT2D eigenvalue weighted by molar-refractivity contribution is 0.586. The number of nitrogens with zero attached hydrogens (tertiary/aromatic N) is 2. The van der Waals surface area contributed by atoms with E-state index in [1.165, 1.54) is 12.8 Å². The van der Waals surface area contributed by atoms with Crippen molar-refractivity contribution < 1.29 is 0 Å². The van der Waals surface area contributed by atoms with E-state index in [2.05, 4.69) is 38.1 Å². The second-order valence-corrected chi connectivity index (χ2v) is 5.72. The summed E-state index contributed by atoms with van der Waals surface area (Å²) < 4.78 is 1.10. The van der Waals surface area contributed by atoms with E-state index < -0.39 is 0 Å². The molecule has 1 saturated heterocycles. The van der Waals surface area contributed by atoms with Crippen molar-refractivity contribution in [3.05, 3.63) is 22.8 Å². The maximum Gasteiger partial charge on any atom is 0.142 e. The van der Waals surface area contributed by atoms with Gasteiger partial charge < -0.3 is 4.90 Å². The van der Waals surface area contributed by atoms with Crippen molar-refractivity contribution >= 4 is 33.5 Å². The van der Waals surface area contributed by atoms with Crippen molar-refractivity contribution in [3.63, 3.8) is 0 Å². The Kier molecular flexibility index (Phi) is 3.92. The molecule has 0 bridgehead atoms. The topological polar surface area (TPSA) is 16.1 Å². The van der Waals surface area contributed by atoms with Gasteiger partial charge in [0.25, 0.3) is 0 Å². The molecule has 0 N–H and O–H groups in total. The SMILES string of the molecule is CSC1CCN(c2ncccc2Br)CC1. The predicted molar refractivity (Wildman–Crippen MR) is 70.7 cm³/mol. The number of thioether (sulfide) groups is 1. The van der Waals surface area contributed by atoms with Crippen LogP contribution in [0.4, 0.5) is 5.82 Å². The van der Waals surface area contributed by atoms with Crippen LogP contribution < -0.4 is 4.90 Å². The van der Waals surface area contributed by atoms with Crippen LogP contribution in [-0.4, -0.2) is 29.6 Å². The number of halogens is 1. The van der Waals surface area contributed by atoms with Crippen LogP contribution in [0.3, 0.4) is 0 Å². The minimum Gasteiger partial charge on any atom is -0.356 e. The van der Waals surface area contributed by atoms with Crippen LogP contribution in [0.2, 0.25) is 0 Å².